The molecule has 0 saturated heterocycles. The van der Waals surface area contributed by atoms with Crippen molar-refractivity contribution in [3.63, 3.8) is 0 Å². The number of nitrogens with two attached hydrogens (primary N) is 1. The summed E-state index contributed by atoms with van der Waals surface area (Å²) in [6.45, 7) is 4.00. The summed E-state index contributed by atoms with van der Waals surface area (Å²) >= 11 is 5.26. The lowest BCUT2D eigenvalue weighted by Gasteiger charge is -2.23. The van der Waals surface area contributed by atoms with Crippen molar-refractivity contribution in [3.8, 4) is 0 Å². The molecule has 2 N–H and O–H groups in total. The van der Waals surface area contributed by atoms with Crippen molar-refractivity contribution >= 4 is 38.6 Å². The molecule has 0 atom stereocenters. The largest absolute Gasteiger partial charge is 0.397 e. The predicted octanol–water partition coefficient (Wildman–Crippen LogP) is 4.12. The molecule has 0 saturated carbocycles. The van der Waals surface area contributed by atoms with Gasteiger partial charge in [0.15, 0.2) is 0 Å². The first-order chi connectivity index (χ1) is 8.20. The maximum absolute atomic E-state index is 6.01. The maximum atomic E-state index is 6.01. The summed E-state index contributed by atoms with van der Waals surface area (Å²) in [5.41, 5.74) is 7.96. The minimum absolute atomic E-state index is 0.838. The lowest BCUT2D eigenvalue weighted by atomic mass is 10.2. The average molecular weight is 311 g/mol. The average Bonchev–Trinajstić information content (AvgIpc) is 2.73. The zero-order chi connectivity index (χ0) is 12.3. The molecule has 17 heavy (non-hydrogen) atoms. The van der Waals surface area contributed by atoms with E-state index in [1.807, 2.05) is 18.2 Å². The SMILES string of the molecule is CCN(Cc1ccc(Br)s1)c1ccccc1N. The van der Waals surface area contributed by atoms with Crippen molar-refractivity contribution < 1.29 is 0 Å². The number of para-hydroxylation sites is 2. The number of nitrogen functional groups attached to an aromatic ring is 1. The highest BCUT2D eigenvalue weighted by atomic mass is 79.9. The Balaban J connectivity index is 2.20. The van der Waals surface area contributed by atoms with Gasteiger partial charge in [-0.25, -0.2) is 0 Å². The molecule has 2 nitrogen and oxygen atoms in total. The molecule has 0 unspecified atom stereocenters. The van der Waals surface area contributed by atoms with Gasteiger partial charge in [-0.15, -0.1) is 11.3 Å². The number of thiophene rings is 1. The molecule has 4 heteroatoms. The maximum Gasteiger partial charge on any atom is 0.0702 e. The van der Waals surface area contributed by atoms with Crippen LogP contribution in [0.4, 0.5) is 11.4 Å². The minimum atomic E-state index is 0.838. The number of benzene rings is 1. The minimum Gasteiger partial charge on any atom is -0.397 e. The zero-order valence-corrected chi connectivity index (χ0v) is 12.1. The van der Waals surface area contributed by atoms with Crippen molar-refractivity contribution in [2.45, 2.75) is 13.5 Å². The molecular weight excluding hydrogens is 296 g/mol. The van der Waals surface area contributed by atoms with Crippen LogP contribution in [0.3, 0.4) is 0 Å². The first-order valence-electron chi connectivity index (χ1n) is 5.54. The van der Waals surface area contributed by atoms with Gasteiger partial charge in [0.2, 0.25) is 0 Å². The number of anilines is 2. The highest BCUT2D eigenvalue weighted by Gasteiger charge is 2.09. The van der Waals surface area contributed by atoms with Crippen molar-refractivity contribution in [2.75, 3.05) is 17.2 Å². The molecular formula is C13H15BrN2S. The van der Waals surface area contributed by atoms with Gasteiger partial charge in [0.25, 0.3) is 0 Å². The number of halogens is 1. The summed E-state index contributed by atoms with van der Waals surface area (Å²) in [5.74, 6) is 0. The third-order valence-electron chi connectivity index (χ3n) is 2.63. The first-order valence-corrected chi connectivity index (χ1v) is 7.15. The standard InChI is InChI=1S/C13H15BrN2S/c1-2-16(9-10-7-8-13(14)17-10)12-6-4-3-5-11(12)15/h3-8H,2,9,15H2,1H3. The zero-order valence-electron chi connectivity index (χ0n) is 9.69. The van der Waals surface area contributed by atoms with Crippen LogP contribution in [0.5, 0.6) is 0 Å². The Labute approximate surface area is 114 Å². The normalized spacial score (nSPS) is 10.5. The van der Waals surface area contributed by atoms with Crippen LogP contribution >= 0.6 is 27.3 Å². The van der Waals surface area contributed by atoms with Crippen LogP contribution in [0.1, 0.15) is 11.8 Å². The van der Waals surface area contributed by atoms with Crippen LogP contribution in [0, 0.1) is 0 Å². The summed E-state index contributed by atoms with van der Waals surface area (Å²) in [5, 5.41) is 0. The lowest BCUT2D eigenvalue weighted by Crippen LogP contribution is -2.22. The molecule has 0 bridgehead atoms. The molecule has 0 radical (unpaired) electrons. The van der Waals surface area contributed by atoms with Gasteiger partial charge in [0.1, 0.15) is 0 Å². The molecule has 1 aromatic heterocycles. The number of nitrogens with zero attached hydrogens (tertiary/aromatic N) is 1. The second kappa shape index (κ2) is 5.56. The Morgan fingerprint density at radius 2 is 2.00 bits per heavy atom. The van der Waals surface area contributed by atoms with E-state index in [2.05, 4.69) is 46.0 Å². The molecule has 0 spiro atoms. The predicted molar refractivity (Wildman–Crippen MR) is 79.6 cm³/mol. The van der Waals surface area contributed by atoms with Gasteiger partial charge in [-0.05, 0) is 47.1 Å². The summed E-state index contributed by atoms with van der Waals surface area (Å²) in [6.07, 6.45) is 0. The Bertz CT molecular complexity index is 496. The molecule has 1 aromatic carbocycles. The van der Waals surface area contributed by atoms with E-state index in [9.17, 15) is 0 Å². The van der Waals surface area contributed by atoms with Crippen LogP contribution in [0.25, 0.3) is 0 Å². The fourth-order valence-electron chi connectivity index (χ4n) is 1.77. The topological polar surface area (TPSA) is 29.3 Å². The second-order valence-electron chi connectivity index (χ2n) is 3.78. The molecule has 0 amide bonds. The lowest BCUT2D eigenvalue weighted by molar-refractivity contribution is 0.844. The molecule has 2 rings (SSSR count). The Morgan fingerprint density at radius 3 is 2.59 bits per heavy atom. The van der Waals surface area contributed by atoms with Gasteiger partial charge in [0, 0.05) is 11.4 Å². The highest BCUT2D eigenvalue weighted by molar-refractivity contribution is 9.11. The van der Waals surface area contributed by atoms with E-state index in [0.717, 1.165) is 24.5 Å². The van der Waals surface area contributed by atoms with Crippen LogP contribution in [-0.2, 0) is 6.54 Å². The van der Waals surface area contributed by atoms with Crippen molar-refractivity contribution in [2.24, 2.45) is 0 Å². The first kappa shape index (κ1) is 12.5. The third kappa shape index (κ3) is 3.01. The van der Waals surface area contributed by atoms with Gasteiger partial charge in [-0.3, -0.25) is 0 Å². The fraction of sp³-hybridized carbons (Fsp3) is 0.231. The summed E-state index contributed by atoms with van der Waals surface area (Å²) in [7, 11) is 0. The monoisotopic (exact) mass is 310 g/mol. The van der Waals surface area contributed by atoms with E-state index in [-0.39, 0.29) is 0 Å². The third-order valence-corrected chi connectivity index (χ3v) is 4.24. The molecule has 0 aliphatic rings. The smallest absolute Gasteiger partial charge is 0.0702 e. The molecule has 90 valence electrons. The molecule has 0 aliphatic carbocycles. The Kier molecular flexibility index (Phi) is 4.07. The number of hydrogen-bond donors (Lipinski definition) is 1. The number of hydrogen-bond acceptors (Lipinski definition) is 3. The van der Waals surface area contributed by atoms with Crippen molar-refractivity contribution in [1.29, 1.82) is 0 Å². The molecule has 0 aliphatic heterocycles. The molecule has 2 aromatic rings. The quantitative estimate of drug-likeness (QED) is 0.861. The molecule has 0 fully saturated rings. The van der Waals surface area contributed by atoms with E-state index in [1.165, 1.54) is 8.66 Å². The van der Waals surface area contributed by atoms with Gasteiger partial charge >= 0.3 is 0 Å². The molecule has 1 heterocycles. The second-order valence-corrected chi connectivity index (χ2v) is 6.33. The van der Waals surface area contributed by atoms with E-state index in [0.29, 0.717) is 0 Å². The van der Waals surface area contributed by atoms with E-state index in [4.69, 9.17) is 5.73 Å². The van der Waals surface area contributed by atoms with Crippen molar-refractivity contribution in [1.82, 2.24) is 0 Å². The number of rotatable bonds is 4. The van der Waals surface area contributed by atoms with Gasteiger partial charge in [-0.1, -0.05) is 12.1 Å². The van der Waals surface area contributed by atoms with Crippen LogP contribution < -0.4 is 10.6 Å². The van der Waals surface area contributed by atoms with Crippen LogP contribution in [0.2, 0.25) is 0 Å². The highest BCUT2D eigenvalue weighted by Crippen LogP contribution is 2.28. The van der Waals surface area contributed by atoms with Gasteiger partial charge < -0.3 is 10.6 Å². The van der Waals surface area contributed by atoms with Gasteiger partial charge in [-0.2, -0.15) is 0 Å². The fourth-order valence-corrected chi connectivity index (χ4v) is 3.27. The van der Waals surface area contributed by atoms with Crippen LogP contribution in [-0.4, -0.2) is 6.54 Å². The summed E-state index contributed by atoms with van der Waals surface area (Å²) < 4.78 is 1.17. The van der Waals surface area contributed by atoms with E-state index < -0.39 is 0 Å². The van der Waals surface area contributed by atoms with E-state index in [1.54, 1.807) is 11.3 Å². The van der Waals surface area contributed by atoms with E-state index >= 15 is 0 Å². The van der Waals surface area contributed by atoms with Gasteiger partial charge in [0.05, 0.1) is 21.7 Å². The summed E-state index contributed by atoms with van der Waals surface area (Å²) in [6, 6.07) is 12.2. The Hall–Kier alpha value is -1.00. The van der Waals surface area contributed by atoms with Crippen LogP contribution in [0.15, 0.2) is 40.2 Å². The van der Waals surface area contributed by atoms with Crippen molar-refractivity contribution in [3.05, 3.63) is 45.1 Å². The summed E-state index contributed by atoms with van der Waals surface area (Å²) in [4.78, 5) is 3.62. The Morgan fingerprint density at radius 1 is 1.24 bits per heavy atom.